The molecule has 0 aliphatic rings. The third kappa shape index (κ3) is 3.86. The fraction of sp³-hybridized carbons (Fsp3) is 0.333. The third-order valence-corrected chi connectivity index (χ3v) is 3.09. The van der Waals surface area contributed by atoms with Gasteiger partial charge in [-0.2, -0.15) is 5.26 Å². The molecule has 0 spiro atoms. The average molecular weight is 267 g/mol. The average Bonchev–Trinajstić information content (AvgIpc) is 2.28. The van der Waals surface area contributed by atoms with Crippen LogP contribution in [0, 0.1) is 11.3 Å². The standard InChI is InChI=1S/C12H13NO4S/c1-17-10-5-3-4-9(6-10)11(7-13)12(14)8-18(2,15)16/h3-6,11H,8H2,1-2H3. The topological polar surface area (TPSA) is 84.2 Å². The van der Waals surface area contributed by atoms with Crippen LogP contribution in [0.2, 0.25) is 0 Å². The highest BCUT2D eigenvalue weighted by Gasteiger charge is 2.23. The molecule has 5 nitrogen and oxygen atoms in total. The summed E-state index contributed by atoms with van der Waals surface area (Å²) in [5.41, 5.74) is 0.436. The number of hydrogen-bond acceptors (Lipinski definition) is 5. The summed E-state index contributed by atoms with van der Waals surface area (Å²) in [5, 5.41) is 9.00. The van der Waals surface area contributed by atoms with E-state index in [-0.39, 0.29) is 0 Å². The quantitative estimate of drug-likeness (QED) is 0.792. The molecule has 0 N–H and O–H groups in total. The van der Waals surface area contributed by atoms with Crippen LogP contribution in [0.15, 0.2) is 24.3 Å². The summed E-state index contributed by atoms with van der Waals surface area (Å²) in [6, 6.07) is 8.29. The Labute approximate surface area is 106 Å². The number of carbonyl (C=O) groups excluding carboxylic acids is 1. The molecule has 1 atom stereocenters. The normalized spacial score (nSPS) is 12.5. The second-order valence-electron chi connectivity index (χ2n) is 3.88. The number of Topliss-reactive ketones (excluding diaryl/α,β-unsaturated/α-hetero) is 1. The Morgan fingerprint density at radius 2 is 2.17 bits per heavy atom. The Balaban J connectivity index is 3.03. The third-order valence-electron chi connectivity index (χ3n) is 2.28. The molecule has 0 bridgehead atoms. The highest BCUT2D eigenvalue weighted by molar-refractivity contribution is 7.91. The summed E-state index contributed by atoms with van der Waals surface area (Å²) in [6.45, 7) is 0. The minimum atomic E-state index is -3.43. The SMILES string of the molecule is COc1cccc(C(C#N)C(=O)CS(C)(=O)=O)c1. The second kappa shape index (κ2) is 5.65. The molecule has 6 heteroatoms. The number of rotatable bonds is 5. The van der Waals surface area contributed by atoms with Crippen molar-refractivity contribution in [2.45, 2.75) is 5.92 Å². The minimum Gasteiger partial charge on any atom is -0.497 e. The van der Waals surface area contributed by atoms with Crippen molar-refractivity contribution in [1.29, 1.82) is 5.26 Å². The van der Waals surface area contributed by atoms with Crippen LogP contribution in [0.1, 0.15) is 11.5 Å². The molecule has 0 aromatic heterocycles. The van der Waals surface area contributed by atoms with Gasteiger partial charge in [-0.15, -0.1) is 0 Å². The van der Waals surface area contributed by atoms with Gasteiger partial charge in [0, 0.05) is 6.26 Å². The van der Waals surface area contributed by atoms with Crippen molar-refractivity contribution in [3.8, 4) is 11.8 Å². The molecule has 18 heavy (non-hydrogen) atoms. The molecule has 0 aliphatic carbocycles. The van der Waals surface area contributed by atoms with Gasteiger partial charge in [-0.25, -0.2) is 8.42 Å². The molecule has 1 aromatic rings. The molecule has 1 unspecified atom stereocenters. The number of sulfone groups is 1. The van der Waals surface area contributed by atoms with Crippen molar-refractivity contribution in [2.75, 3.05) is 19.1 Å². The lowest BCUT2D eigenvalue weighted by atomic mass is 9.97. The lowest BCUT2D eigenvalue weighted by Gasteiger charge is -2.09. The second-order valence-corrected chi connectivity index (χ2v) is 6.02. The van der Waals surface area contributed by atoms with Gasteiger partial charge < -0.3 is 4.74 Å². The molecule has 0 fully saturated rings. The molecular formula is C12H13NO4S. The number of hydrogen-bond donors (Lipinski definition) is 0. The first-order valence-electron chi connectivity index (χ1n) is 5.11. The van der Waals surface area contributed by atoms with Crippen LogP contribution in [0.4, 0.5) is 0 Å². The number of nitrogens with zero attached hydrogens (tertiary/aromatic N) is 1. The molecule has 1 rings (SSSR count). The zero-order chi connectivity index (χ0) is 13.8. The van der Waals surface area contributed by atoms with Gasteiger partial charge in [0.1, 0.15) is 17.4 Å². The van der Waals surface area contributed by atoms with Gasteiger partial charge in [0.15, 0.2) is 15.6 Å². The minimum absolute atomic E-state index is 0.436. The van der Waals surface area contributed by atoms with Gasteiger partial charge in [-0.1, -0.05) is 12.1 Å². The first kappa shape index (κ1) is 14.2. The largest absolute Gasteiger partial charge is 0.497 e. The maximum Gasteiger partial charge on any atom is 0.169 e. The molecule has 0 saturated carbocycles. The highest BCUT2D eigenvalue weighted by atomic mass is 32.2. The monoisotopic (exact) mass is 267 g/mol. The summed E-state index contributed by atoms with van der Waals surface area (Å²) in [4.78, 5) is 11.7. The van der Waals surface area contributed by atoms with E-state index in [4.69, 9.17) is 10.00 Å². The smallest absolute Gasteiger partial charge is 0.169 e. The van der Waals surface area contributed by atoms with Crippen molar-refractivity contribution in [1.82, 2.24) is 0 Å². The number of ketones is 1. The van der Waals surface area contributed by atoms with E-state index in [0.29, 0.717) is 11.3 Å². The molecule has 0 aliphatic heterocycles. The molecule has 0 saturated heterocycles. The Kier molecular flexibility index (Phi) is 4.45. The number of carbonyl (C=O) groups is 1. The Morgan fingerprint density at radius 1 is 1.50 bits per heavy atom. The van der Waals surface area contributed by atoms with E-state index in [0.717, 1.165) is 6.26 Å². The van der Waals surface area contributed by atoms with Crippen molar-refractivity contribution >= 4 is 15.6 Å². The number of nitriles is 1. The molecule has 0 radical (unpaired) electrons. The van der Waals surface area contributed by atoms with Crippen molar-refractivity contribution < 1.29 is 17.9 Å². The van der Waals surface area contributed by atoms with E-state index in [1.807, 2.05) is 6.07 Å². The predicted molar refractivity (Wildman–Crippen MR) is 66.1 cm³/mol. The number of ether oxygens (including phenoxy) is 1. The van der Waals surface area contributed by atoms with E-state index < -0.39 is 27.3 Å². The summed E-state index contributed by atoms with van der Waals surface area (Å²) in [6.07, 6.45) is 0.963. The summed E-state index contributed by atoms with van der Waals surface area (Å²) in [5.74, 6) is -1.84. The highest BCUT2D eigenvalue weighted by Crippen LogP contribution is 2.21. The van der Waals surface area contributed by atoms with Gasteiger partial charge in [-0.05, 0) is 17.7 Å². The van der Waals surface area contributed by atoms with Crippen molar-refractivity contribution in [3.05, 3.63) is 29.8 Å². The fourth-order valence-corrected chi connectivity index (χ4v) is 2.18. The summed E-state index contributed by atoms with van der Waals surface area (Å²) >= 11 is 0. The van der Waals surface area contributed by atoms with E-state index in [2.05, 4.69) is 0 Å². The van der Waals surface area contributed by atoms with Crippen LogP contribution >= 0.6 is 0 Å². The molecule has 96 valence electrons. The van der Waals surface area contributed by atoms with Gasteiger partial charge >= 0.3 is 0 Å². The van der Waals surface area contributed by atoms with E-state index in [9.17, 15) is 13.2 Å². The van der Waals surface area contributed by atoms with E-state index >= 15 is 0 Å². The van der Waals surface area contributed by atoms with Crippen LogP contribution in [0.5, 0.6) is 5.75 Å². The van der Waals surface area contributed by atoms with Crippen molar-refractivity contribution in [3.63, 3.8) is 0 Å². The maximum atomic E-state index is 11.7. The Morgan fingerprint density at radius 3 is 2.67 bits per heavy atom. The zero-order valence-electron chi connectivity index (χ0n) is 10.1. The lowest BCUT2D eigenvalue weighted by molar-refractivity contribution is -0.116. The summed E-state index contributed by atoms with van der Waals surface area (Å²) < 4.78 is 27.1. The van der Waals surface area contributed by atoms with Crippen LogP contribution < -0.4 is 4.74 Å². The van der Waals surface area contributed by atoms with Gasteiger partial charge in [0.25, 0.3) is 0 Å². The Bertz CT molecular complexity index is 586. The van der Waals surface area contributed by atoms with Crippen LogP contribution in [0.3, 0.4) is 0 Å². The van der Waals surface area contributed by atoms with Gasteiger partial charge in [0.2, 0.25) is 0 Å². The summed E-state index contributed by atoms with van der Waals surface area (Å²) in [7, 11) is -1.96. The zero-order valence-corrected chi connectivity index (χ0v) is 10.9. The van der Waals surface area contributed by atoms with Crippen molar-refractivity contribution in [2.24, 2.45) is 0 Å². The lowest BCUT2D eigenvalue weighted by Crippen LogP contribution is -2.20. The van der Waals surface area contributed by atoms with Crippen LogP contribution in [0.25, 0.3) is 0 Å². The first-order chi connectivity index (χ1) is 8.37. The molecular weight excluding hydrogens is 254 g/mol. The Hall–Kier alpha value is -1.87. The molecule has 1 aromatic carbocycles. The maximum absolute atomic E-state index is 11.7. The van der Waals surface area contributed by atoms with Gasteiger partial charge in [-0.3, -0.25) is 4.79 Å². The number of methoxy groups -OCH3 is 1. The molecule has 0 heterocycles. The van der Waals surface area contributed by atoms with Crippen LogP contribution in [-0.2, 0) is 14.6 Å². The van der Waals surface area contributed by atoms with Gasteiger partial charge in [0.05, 0.1) is 13.2 Å². The molecule has 0 amide bonds. The first-order valence-corrected chi connectivity index (χ1v) is 7.17. The fourth-order valence-electron chi connectivity index (χ4n) is 1.50. The predicted octanol–water partition coefficient (Wildman–Crippen LogP) is 0.916. The number of benzene rings is 1. The van der Waals surface area contributed by atoms with E-state index in [1.165, 1.54) is 7.11 Å². The van der Waals surface area contributed by atoms with Crippen LogP contribution in [-0.4, -0.2) is 33.3 Å². The van der Waals surface area contributed by atoms with E-state index in [1.54, 1.807) is 24.3 Å².